The van der Waals surface area contributed by atoms with Gasteiger partial charge in [-0.15, -0.1) is 0 Å². The smallest absolute Gasteiger partial charge is 0.340 e. The zero-order chi connectivity index (χ0) is 45.7. The quantitative estimate of drug-likeness (QED) is 0.295. The molecule has 4 bridgehead atoms. The summed E-state index contributed by atoms with van der Waals surface area (Å²) in [5.41, 5.74) is -10.4. The Balaban J connectivity index is 1.81. The van der Waals surface area contributed by atoms with E-state index in [4.69, 9.17) is 42.6 Å². The lowest BCUT2D eigenvalue weighted by Gasteiger charge is -2.67. The number of cyclic esters (lactones) is 1. The third-order valence-electron chi connectivity index (χ3n) is 12.4. The Morgan fingerprint density at radius 2 is 1.32 bits per heavy atom. The van der Waals surface area contributed by atoms with Crippen molar-refractivity contribution >= 4 is 47.8 Å². The molecule has 2 aliphatic heterocycles. The number of ether oxygens (including phenoxy) is 9. The Morgan fingerprint density at radius 3 is 1.92 bits per heavy atom. The molecule has 1 aromatic carbocycles. The first-order valence-electron chi connectivity index (χ1n) is 19.9. The predicted molar refractivity (Wildman–Crippen MR) is 205 cm³/mol. The molecule has 1 N–H and O–H groups in total. The van der Waals surface area contributed by atoms with Gasteiger partial charge in [0.1, 0.15) is 42.0 Å². The molecule has 3 fully saturated rings. The van der Waals surface area contributed by atoms with Gasteiger partial charge in [0.05, 0.1) is 28.7 Å². The van der Waals surface area contributed by atoms with Crippen LogP contribution in [0, 0.1) is 17.3 Å². The molecular weight excluding hydrogens is 818 g/mol. The van der Waals surface area contributed by atoms with Gasteiger partial charge in [-0.2, -0.15) is 0 Å². The van der Waals surface area contributed by atoms with Crippen LogP contribution in [0.2, 0.25) is 0 Å². The van der Waals surface area contributed by atoms with E-state index in [9.17, 15) is 43.5 Å². The van der Waals surface area contributed by atoms with E-state index in [1.807, 2.05) is 0 Å². The van der Waals surface area contributed by atoms with Gasteiger partial charge in [0.15, 0.2) is 30.0 Å². The zero-order valence-corrected chi connectivity index (χ0v) is 35.6. The normalized spacial score (nSPS) is 36.0. The number of aromatic nitrogens is 1. The highest BCUT2D eigenvalue weighted by Crippen LogP contribution is 2.70. The lowest BCUT2D eigenvalue weighted by molar-refractivity contribution is -0.385. The summed E-state index contributed by atoms with van der Waals surface area (Å²) in [7, 11) is 0. The fourth-order valence-electron chi connectivity index (χ4n) is 9.83. The topological polar surface area (TPSA) is 253 Å². The second-order valence-corrected chi connectivity index (χ2v) is 16.5. The molecule has 1 aromatic heterocycles. The molecule has 19 nitrogen and oxygen atoms in total. The summed E-state index contributed by atoms with van der Waals surface area (Å²) in [5, 5.41) is 13.6. The molecule has 13 atom stereocenters. The largest absolute Gasteiger partial charge is 0.465 e. The molecule has 0 radical (unpaired) electrons. The van der Waals surface area contributed by atoms with Gasteiger partial charge in [-0.05, 0) is 38.1 Å². The molecule has 62 heavy (non-hydrogen) atoms. The molecule has 0 unspecified atom stereocenters. The van der Waals surface area contributed by atoms with Crippen LogP contribution in [-0.4, -0.2) is 124 Å². The van der Waals surface area contributed by atoms with Crippen molar-refractivity contribution in [1.82, 2.24) is 4.98 Å². The zero-order valence-electron chi connectivity index (χ0n) is 35.6. The van der Waals surface area contributed by atoms with E-state index < -0.39 is 138 Å². The number of esters is 8. The predicted octanol–water partition coefficient (Wildman–Crippen LogP) is 2.33. The fraction of sp³-hybridized carbons (Fsp3) is 0.558. The van der Waals surface area contributed by atoms with Gasteiger partial charge in [0, 0.05) is 46.7 Å². The highest BCUT2D eigenvalue weighted by atomic mass is 16.7. The van der Waals surface area contributed by atoms with Gasteiger partial charge in [0.2, 0.25) is 0 Å². The highest BCUT2D eigenvalue weighted by Gasteiger charge is 2.92. The summed E-state index contributed by atoms with van der Waals surface area (Å²) in [5.74, 6) is -11.8. The Bertz CT molecular complexity index is 2160. The summed E-state index contributed by atoms with van der Waals surface area (Å²) >= 11 is 0. The van der Waals surface area contributed by atoms with Crippen LogP contribution in [0.3, 0.4) is 0 Å². The summed E-state index contributed by atoms with van der Waals surface area (Å²) in [4.78, 5) is 114. The van der Waals surface area contributed by atoms with Crippen molar-refractivity contribution in [2.24, 2.45) is 17.3 Å². The van der Waals surface area contributed by atoms with Gasteiger partial charge in [-0.3, -0.25) is 33.8 Å². The Labute approximate surface area is 355 Å². The number of fused-ring (bicyclic) bond motifs is 5. The molecule has 334 valence electrons. The van der Waals surface area contributed by atoms with Gasteiger partial charge in [-0.1, -0.05) is 32.0 Å². The Morgan fingerprint density at radius 1 is 0.742 bits per heavy atom. The number of carbonyl (C=O) groups excluding carboxylic acids is 8. The average molecular weight is 868 g/mol. The molecule has 19 heteroatoms. The Kier molecular flexibility index (Phi) is 12.3. The summed E-state index contributed by atoms with van der Waals surface area (Å²) in [6, 6.07) is 10.3. The third-order valence-corrected chi connectivity index (χ3v) is 12.4. The van der Waals surface area contributed by atoms with Crippen LogP contribution < -0.4 is 0 Å². The minimum atomic E-state index is -2.86. The average Bonchev–Trinajstić information content (AvgIpc) is 3.42. The van der Waals surface area contributed by atoms with E-state index in [-0.39, 0.29) is 16.8 Å². The van der Waals surface area contributed by atoms with Crippen LogP contribution in [0.1, 0.15) is 94.6 Å². The molecule has 2 aliphatic carbocycles. The minimum Gasteiger partial charge on any atom is -0.465 e. The first kappa shape index (κ1) is 45.6. The molecule has 6 rings (SSSR count). The van der Waals surface area contributed by atoms with Gasteiger partial charge < -0.3 is 47.7 Å². The van der Waals surface area contributed by atoms with Crippen LogP contribution in [0.25, 0.3) is 0 Å². The molecule has 3 heterocycles. The van der Waals surface area contributed by atoms with Crippen molar-refractivity contribution < 1.29 is 86.1 Å². The second kappa shape index (κ2) is 16.7. The maximum absolute atomic E-state index is 14.6. The van der Waals surface area contributed by atoms with E-state index >= 15 is 0 Å². The monoisotopic (exact) mass is 867 g/mol. The van der Waals surface area contributed by atoms with Crippen molar-refractivity contribution in [2.45, 2.75) is 122 Å². The molecular formula is C43H49NO18. The molecule has 1 spiro atoms. The molecule has 4 aliphatic rings. The number of carbonyl (C=O) groups is 8. The van der Waals surface area contributed by atoms with E-state index in [2.05, 4.69) is 4.98 Å². The molecule has 1 saturated heterocycles. The molecule has 2 aromatic rings. The van der Waals surface area contributed by atoms with Crippen molar-refractivity contribution in [3.05, 3.63) is 65.5 Å². The summed E-state index contributed by atoms with van der Waals surface area (Å²) in [6.07, 6.45) is -10.8. The number of pyridine rings is 1. The van der Waals surface area contributed by atoms with E-state index in [0.29, 0.717) is 0 Å². The maximum Gasteiger partial charge on any atom is 0.340 e. The lowest BCUT2D eigenvalue weighted by atomic mass is 9.45. The van der Waals surface area contributed by atoms with Gasteiger partial charge in [0.25, 0.3) is 0 Å². The van der Waals surface area contributed by atoms with Crippen LogP contribution in [0.5, 0.6) is 0 Å². The van der Waals surface area contributed by atoms with Crippen molar-refractivity contribution in [3.8, 4) is 0 Å². The lowest BCUT2D eigenvalue weighted by Crippen LogP contribution is -2.89. The Hall–Kier alpha value is -5.95. The minimum absolute atomic E-state index is 0.0487. The number of hydrogen-bond donors (Lipinski definition) is 1. The standard InChI is InChI=1S/C43H49NO18/c1-20-21(2)37(50)60-34-32(57-24(5)47)36(61-38(51)27-14-11-10-12-15-27)42(19-54-22(3)45)35(59-26(7)49)31(56-23(4)46)29-33(58-25(6)48)43(42,41(34,9)53)62-40(29,8)18-55-39(52)28-16-13-17-44-30(20)28/h10-17,20-21,29,31-36,53H,18-19H2,1-9H3/t20-,21-,29+,31+,32-,33+,34-,35+,36-,40-,41-,42+,43-/m1/s1. The van der Waals surface area contributed by atoms with Crippen molar-refractivity contribution in [1.29, 1.82) is 0 Å². The number of rotatable bonds is 8. The van der Waals surface area contributed by atoms with E-state index in [1.165, 1.54) is 56.4 Å². The van der Waals surface area contributed by atoms with Crippen LogP contribution in [0.4, 0.5) is 0 Å². The van der Waals surface area contributed by atoms with Gasteiger partial charge >= 0.3 is 47.8 Å². The van der Waals surface area contributed by atoms with E-state index in [1.54, 1.807) is 13.0 Å². The second-order valence-electron chi connectivity index (χ2n) is 16.5. The fourth-order valence-corrected chi connectivity index (χ4v) is 9.83. The van der Waals surface area contributed by atoms with Crippen LogP contribution >= 0.6 is 0 Å². The number of nitrogens with zero attached hydrogens (tertiary/aromatic N) is 1. The number of hydrogen-bond acceptors (Lipinski definition) is 19. The SMILES string of the molecule is CC(=O)OC[C@]12[C@H](OC(=O)c3ccccc3)[C@H](OC(C)=O)[C@H]3OC(=O)[C@H](C)[C@@H](C)c4ncccc4C(=O)OC[C@@]4(C)O[C@]1([C@@H](OC(C)=O)[C@@H]4[C@H](OC(C)=O)[C@@H]2OC(C)=O)[C@]3(C)O. The summed E-state index contributed by atoms with van der Waals surface area (Å²) < 4.78 is 55.5. The number of aliphatic hydroxyl groups is 1. The molecule has 2 saturated carbocycles. The maximum atomic E-state index is 14.6. The first-order chi connectivity index (χ1) is 29.0. The van der Waals surface area contributed by atoms with E-state index in [0.717, 1.165) is 41.5 Å². The third kappa shape index (κ3) is 7.43. The van der Waals surface area contributed by atoms with Crippen LogP contribution in [0.15, 0.2) is 48.7 Å². The highest BCUT2D eigenvalue weighted by molar-refractivity contribution is 5.91. The molecule has 0 amide bonds. The first-order valence-corrected chi connectivity index (χ1v) is 19.9. The van der Waals surface area contributed by atoms with Gasteiger partial charge in [-0.25, -0.2) is 9.59 Å². The number of benzene rings is 1. The van der Waals surface area contributed by atoms with Crippen molar-refractivity contribution in [2.75, 3.05) is 13.2 Å². The summed E-state index contributed by atoms with van der Waals surface area (Å²) in [6.45, 7) is 8.69. The van der Waals surface area contributed by atoms with Crippen LogP contribution in [-0.2, 0) is 71.4 Å². The van der Waals surface area contributed by atoms with Crippen molar-refractivity contribution in [3.63, 3.8) is 0 Å².